The Labute approximate surface area is 148 Å². The SMILES string of the molecule is Cc1nn(Cc2c(C(=O)Nc3ccccc3)noc2C)c(C)c1[N+](=O)[O-]. The van der Waals surface area contributed by atoms with E-state index in [0.29, 0.717) is 28.4 Å². The summed E-state index contributed by atoms with van der Waals surface area (Å²) in [5.41, 5.74) is 1.97. The first kappa shape index (κ1) is 17.3. The van der Waals surface area contributed by atoms with Gasteiger partial charge in [-0.1, -0.05) is 23.4 Å². The Morgan fingerprint density at radius 3 is 2.58 bits per heavy atom. The van der Waals surface area contributed by atoms with Crippen LogP contribution in [0.15, 0.2) is 34.9 Å². The molecule has 9 heteroatoms. The fraction of sp³-hybridized carbons (Fsp3) is 0.235. The van der Waals surface area contributed by atoms with Gasteiger partial charge in [0.1, 0.15) is 17.1 Å². The number of amides is 1. The molecule has 2 aromatic heterocycles. The van der Waals surface area contributed by atoms with Crippen molar-refractivity contribution < 1.29 is 14.2 Å². The highest BCUT2D eigenvalue weighted by atomic mass is 16.6. The summed E-state index contributed by atoms with van der Waals surface area (Å²) in [5.74, 6) is 0.0394. The molecule has 26 heavy (non-hydrogen) atoms. The summed E-state index contributed by atoms with van der Waals surface area (Å²) in [5, 5.41) is 22.0. The zero-order chi connectivity index (χ0) is 18.8. The molecule has 134 valence electrons. The lowest BCUT2D eigenvalue weighted by atomic mass is 10.1. The molecule has 9 nitrogen and oxygen atoms in total. The summed E-state index contributed by atoms with van der Waals surface area (Å²) in [6.45, 7) is 5.02. The highest BCUT2D eigenvalue weighted by molar-refractivity contribution is 6.03. The highest BCUT2D eigenvalue weighted by Crippen LogP contribution is 2.24. The Hall–Kier alpha value is -3.49. The molecule has 1 amide bonds. The van der Waals surface area contributed by atoms with Gasteiger partial charge in [0.2, 0.25) is 0 Å². The first-order chi connectivity index (χ1) is 12.4. The molecule has 1 N–H and O–H groups in total. The van der Waals surface area contributed by atoms with Crippen LogP contribution in [0.25, 0.3) is 0 Å². The van der Waals surface area contributed by atoms with Crippen LogP contribution in [0.2, 0.25) is 0 Å². The van der Waals surface area contributed by atoms with E-state index < -0.39 is 10.8 Å². The van der Waals surface area contributed by atoms with Crippen LogP contribution in [-0.4, -0.2) is 25.8 Å². The normalized spacial score (nSPS) is 10.7. The van der Waals surface area contributed by atoms with Gasteiger partial charge in [-0.3, -0.25) is 19.6 Å². The molecule has 3 rings (SSSR count). The molecule has 0 atom stereocenters. The number of anilines is 1. The number of aromatic nitrogens is 3. The summed E-state index contributed by atoms with van der Waals surface area (Å²) in [6, 6.07) is 8.97. The van der Waals surface area contributed by atoms with E-state index in [0.717, 1.165) is 0 Å². The standard InChI is InChI=1S/C17H17N5O4/c1-10-16(22(24)25)11(2)21(19-10)9-14-12(3)26-20-15(14)17(23)18-13-7-5-4-6-8-13/h4-8H,9H2,1-3H3,(H,18,23). The largest absolute Gasteiger partial charge is 0.361 e. The van der Waals surface area contributed by atoms with Crippen molar-refractivity contribution in [3.63, 3.8) is 0 Å². The van der Waals surface area contributed by atoms with Gasteiger partial charge in [0.25, 0.3) is 5.91 Å². The number of rotatable bonds is 5. The van der Waals surface area contributed by atoms with Crippen molar-refractivity contribution >= 4 is 17.3 Å². The van der Waals surface area contributed by atoms with Crippen LogP contribution >= 0.6 is 0 Å². The summed E-state index contributed by atoms with van der Waals surface area (Å²) in [6.07, 6.45) is 0. The molecule has 0 aliphatic heterocycles. The maximum Gasteiger partial charge on any atom is 0.312 e. The molecule has 0 bridgehead atoms. The van der Waals surface area contributed by atoms with Crippen LogP contribution in [0.1, 0.15) is 33.2 Å². The Bertz CT molecular complexity index is 975. The van der Waals surface area contributed by atoms with Crippen molar-refractivity contribution in [2.75, 3.05) is 5.32 Å². The second-order valence-corrected chi connectivity index (χ2v) is 5.82. The predicted octanol–water partition coefficient (Wildman–Crippen LogP) is 3.01. The number of benzene rings is 1. The van der Waals surface area contributed by atoms with Gasteiger partial charge in [0, 0.05) is 11.3 Å². The average Bonchev–Trinajstić information content (AvgIpc) is 3.09. The van der Waals surface area contributed by atoms with E-state index in [4.69, 9.17) is 4.52 Å². The smallest absolute Gasteiger partial charge is 0.312 e. The third-order valence-corrected chi connectivity index (χ3v) is 4.07. The summed E-state index contributed by atoms with van der Waals surface area (Å²) in [4.78, 5) is 23.2. The molecule has 0 fully saturated rings. The Balaban J connectivity index is 1.91. The van der Waals surface area contributed by atoms with Crippen molar-refractivity contribution in [3.8, 4) is 0 Å². The molecule has 1 aromatic carbocycles. The number of carbonyl (C=O) groups excluding carboxylic acids is 1. The molecule has 3 aromatic rings. The van der Waals surface area contributed by atoms with Gasteiger partial charge < -0.3 is 9.84 Å². The quantitative estimate of drug-likeness (QED) is 0.555. The molecular formula is C17H17N5O4. The van der Waals surface area contributed by atoms with E-state index in [9.17, 15) is 14.9 Å². The second kappa shape index (κ2) is 6.79. The lowest BCUT2D eigenvalue weighted by Gasteiger charge is -2.06. The maximum absolute atomic E-state index is 12.5. The topological polar surface area (TPSA) is 116 Å². The fourth-order valence-electron chi connectivity index (χ4n) is 2.72. The molecule has 0 spiro atoms. The first-order valence-corrected chi connectivity index (χ1v) is 7.88. The van der Waals surface area contributed by atoms with Crippen molar-refractivity contribution in [1.29, 1.82) is 0 Å². The molecule has 0 saturated heterocycles. The Morgan fingerprint density at radius 2 is 1.96 bits per heavy atom. The van der Waals surface area contributed by atoms with Crippen LogP contribution < -0.4 is 5.32 Å². The number of aryl methyl sites for hydroxylation is 2. The van der Waals surface area contributed by atoms with E-state index in [1.165, 1.54) is 4.68 Å². The average molecular weight is 355 g/mol. The zero-order valence-corrected chi connectivity index (χ0v) is 14.5. The highest BCUT2D eigenvalue weighted by Gasteiger charge is 2.25. The van der Waals surface area contributed by atoms with Gasteiger partial charge in [-0.15, -0.1) is 0 Å². The fourth-order valence-corrected chi connectivity index (χ4v) is 2.72. The minimum Gasteiger partial charge on any atom is -0.361 e. The predicted molar refractivity (Wildman–Crippen MR) is 93.1 cm³/mol. The third kappa shape index (κ3) is 3.18. The molecule has 2 heterocycles. The van der Waals surface area contributed by atoms with Crippen LogP contribution in [-0.2, 0) is 6.54 Å². The van der Waals surface area contributed by atoms with Gasteiger partial charge in [-0.05, 0) is 32.9 Å². The van der Waals surface area contributed by atoms with E-state index in [-0.39, 0.29) is 17.9 Å². The Kier molecular flexibility index (Phi) is 4.53. The number of para-hydroxylation sites is 1. The third-order valence-electron chi connectivity index (χ3n) is 4.07. The molecule has 0 saturated carbocycles. The number of nitrogens with zero attached hydrogens (tertiary/aromatic N) is 4. The number of hydrogen-bond acceptors (Lipinski definition) is 6. The number of carbonyl (C=O) groups is 1. The van der Waals surface area contributed by atoms with Crippen LogP contribution in [0.4, 0.5) is 11.4 Å². The summed E-state index contributed by atoms with van der Waals surface area (Å²) < 4.78 is 6.64. The minimum atomic E-state index is -0.461. The molecule has 0 aliphatic carbocycles. The van der Waals surface area contributed by atoms with Crippen LogP contribution in [0.5, 0.6) is 0 Å². The van der Waals surface area contributed by atoms with Gasteiger partial charge in [0.05, 0.1) is 11.5 Å². The van der Waals surface area contributed by atoms with E-state index in [1.807, 2.05) is 6.07 Å². The van der Waals surface area contributed by atoms with Crippen molar-refractivity contribution in [2.24, 2.45) is 0 Å². The molecular weight excluding hydrogens is 338 g/mol. The maximum atomic E-state index is 12.5. The van der Waals surface area contributed by atoms with Gasteiger partial charge >= 0.3 is 5.69 Å². The van der Waals surface area contributed by atoms with Gasteiger partial charge in [-0.2, -0.15) is 5.10 Å². The van der Waals surface area contributed by atoms with Crippen molar-refractivity contribution in [2.45, 2.75) is 27.3 Å². The number of nitrogens with one attached hydrogen (secondary N) is 1. The minimum absolute atomic E-state index is 0.0330. The monoisotopic (exact) mass is 355 g/mol. The van der Waals surface area contributed by atoms with Crippen molar-refractivity contribution in [1.82, 2.24) is 14.9 Å². The van der Waals surface area contributed by atoms with Crippen LogP contribution in [0.3, 0.4) is 0 Å². The zero-order valence-electron chi connectivity index (χ0n) is 14.5. The number of nitro groups is 1. The second-order valence-electron chi connectivity index (χ2n) is 5.82. The molecule has 0 unspecified atom stereocenters. The van der Waals surface area contributed by atoms with Gasteiger partial charge in [0.15, 0.2) is 5.69 Å². The lowest BCUT2D eigenvalue weighted by molar-refractivity contribution is -0.386. The number of hydrogen-bond donors (Lipinski definition) is 1. The molecule has 0 radical (unpaired) electrons. The lowest BCUT2D eigenvalue weighted by Crippen LogP contribution is -2.16. The first-order valence-electron chi connectivity index (χ1n) is 7.88. The summed E-state index contributed by atoms with van der Waals surface area (Å²) in [7, 11) is 0. The van der Waals surface area contributed by atoms with Crippen LogP contribution in [0, 0.1) is 30.9 Å². The van der Waals surface area contributed by atoms with Crippen molar-refractivity contribution in [3.05, 3.63) is 68.9 Å². The van der Waals surface area contributed by atoms with Gasteiger partial charge in [-0.25, -0.2) is 0 Å². The van der Waals surface area contributed by atoms with E-state index >= 15 is 0 Å². The van der Waals surface area contributed by atoms with E-state index in [2.05, 4.69) is 15.6 Å². The summed E-state index contributed by atoms with van der Waals surface area (Å²) >= 11 is 0. The molecule has 0 aliphatic rings. The Morgan fingerprint density at radius 1 is 1.27 bits per heavy atom. The van der Waals surface area contributed by atoms with E-state index in [1.54, 1.807) is 45.0 Å².